The minimum Gasteiger partial charge on any atom is -0.360 e. The first-order chi connectivity index (χ1) is 12.0. The Labute approximate surface area is 155 Å². The average molecular weight is 372 g/mol. The van der Waals surface area contributed by atoms with Crippen molar-refractivity contribution in [2.75, 3.05) is 5.32 Å². The Kier molecular flexibility index (Phi) is 5.11. The lowest BCUT2D eigenvalue weighted by atomic mass is 10.1. The van der Waals surface area contributed by atoms with Gasteiger partial charge >= 0.3 is 0 Å². The predicted octanol–water partition coefficient (Wildman–Crippen LogP) is 4.43. The van der Waals surface area contributed by atoms with E-state index in [4.69, 9.17) is 28.3 Å². The molecule has 5 nitrogen and oxygen atoms in total. The van der Waals surface area contributed by atoms with Crippen LogP contribution in [-0.4, -0.2) is 16.2 Å². The third-order valence-corrected chi connectivity index (χ3v) is 3.92. The SMILES string of the molecule is Cc1onc(-c2ccccc2)c1C(=O)NC(=S)Nc1ccc(Cl)cc1. The van der Waals surface area contributed by atoms with Crippen molar-refractivity contribution in [3.05, 3.63) is 70.9 Å². The maximum Gasteiger partial charge on any atom is 0.263 e. The molecule has 0 aliphatic carbocycles. The zero-order valence-electron chi connectivity index (χ0n) is 13.2. The summed E-state index contributed by atoms with van der Waals surface area (Å²) in [5.74, 6) is 0.0368. The van der Waals surface area contributed by atoms with Crippen LogP contribution in [0.4, 0.5) is 5.69 Å². The second kappa shape index (κ2) is 7.46. The van der Waals surface area contributed by atoms with E-state index in [1.54, 1.807) is 31.2 Å². The van der Waals surface area contributed by atoms with Crippen molar-refractivity contribution in [2.45, 2.75) is 6.92 Å². The lowest BCUT2D eigenvalue weighted by Gasteiger charge is -2.10. The Morgan fingerprint density at radius 1 is 1.12 bits per heavy atom. The lowest BCUT2D eigenvalue weighted by Crippen LogP contribution is -2.34. The summed E-state index contributed by atoms with van der Waals surface area (Å²) in [7, 11) is 0. The molecule has 7 heteroatoms. The molecule has 0 unspecified atom stereocenters. The second-order valence-corrected chi connectivity index (χ2v) is 6.09. The number of nitrogens with one attached hydrogen (secondary N) is 2. The zero-order valence-corrected chi connectivity index (χ0v) is 14.8. The highest BCUT2D eigenvalue weighted by atomic mass is 35.5. The Hall–Kier alpha value is -2.70. The predicted molar refractivity (Wildman–Crippen MR) is 102 cm³/mol. The molecule has 0 radical (unpaired) electrons. The number of aryl methyl sites for hydroxylation is 1. The van der Waals surface area contributed by atoms with E-state index in [2.05, 4.69) is 15.8 Å². The number of thiocarbonyl (C=S) groups is 1. The van der Waals surface area contributed by atoms with E-state index in [0.717, 1.165) is 11.3 Å². The highest BCUT2D eigenvalue weighted by Crippen LogP contribution is 2.25. The van der Waals surface area contributed by atoms with Gasteiger partial charge in [0.2, 0.25) is 0 Å². The fraction of sp³-hybridized carbons (Fsp3) is 0.0556. The van der Waals surface area contributed by atoms with E-state index in [9.17, 15) is 4.79 Å². The van der Waals surface area contributed by atoms with E-state index in [1.165, 1.54) is 0 Å². The molecular weight excluding hydrogens is 358 g/mol. The molecule has 0 atom stereocenters. The van der Waals surface area contributed by atoms with Crippen molar-refractivity contribution in [1.82, 2.24) is 10.5 Å². The van der Waals surface area contributed by atoms with Crippen molar-refractivity contribution in [3.8, 4) is 11.3 Å². The third kappa shape index (κ3) is 4.04. The topological polar surface area (TPSA) is 67.2 Å². The number of benzene rings is 2. The van der Waals surface area contributed by atoms with E-state index in [0.29, 0.717) is 22.0 Å². The van der Waals surface area contributed by atoms with Gasteiger partial charge in [0.05, 0.1) is 0 Å². The first kappa shape index (κ1) is 17.1. The molecule has 0 bridgehead atoms. The number of hydrogen-bond donors (Lipinski definition) is 2. The highest BCUT2D eigenvalue weighted by molar-refractivity contribution is 7.80. The number of amides is 1. The molecular formula is C18H14ClN3O2S. The van der Waals surface area contributed by atoms with Gasteiger partial charge in [0.15, 0.2) is 5.11 Å². The van der Waals surface area contributed by atoms with Crippen LogP contribution < -0.4 is 10.6 Å². The largest absolute Gasteiger partial charge is 0.360 e. The molecule has 2 aromatic carbocycles. The van der Waals surface area contributed by atoms with Gasteiger partial charge in [-0.05, 0) is 43.4 Å². The summed E-state index contributed by atoms with van der Waals surface area (Å²) in [5.41, 5.74) is 2.34. The number of nitrogens with zero attached hydrogens (tertiary/aromatic N) is 1. The van der Waals surface area contributed by atoms with Gasteiger partial charge in [0.1, 0.15) is 17.0 Å². The molecule has 1 aromatic heterocycles. The van der Waals surface area contributed by atoms with Crippen molar-refractivity contribution in [3.63, 3.8) is 0 Å². The number of halogens is 1. The molecule has 25 heavy (non-hydrogen) atoms. The summed E-state index contributed by atoms with van der Waals surface area (Å²) >= 11 is 11.0. The van der Waals surface area contributed by atoms with Crippen LogP contribution in [0.3, 0.4) is 0 Å². The number of hydrogen-bond acceptors (Lipinski definition) is 4. The highest BCUT2D eigenvalue weighted by Gasteiger charge is 2.22. The van der Waals surface area contributed by atoms with Crippen LogP contribution in [0.25, 0.3) is 11.3 Å². The number of carbonyl (C=O) groups is 1. The molecule has 0 aliphatic heterocycles. The average Bonchev–Trinajstić information content (AvgIpc) is 2.99. The van der Waals surface area contributed by atoms with Gasteiger partial charge in [-0.15, -0.1) is 0 Å². The molecule has 3 aromatic rings. The van der Waals surface area contributed by atoms with Crippen molar-refractivity contribution < 1.29 is 9.32 Å². The van der Waals surface area contributed by atoms with Crippen LogP contribution in [0.1, 0.15) is 16.1 Å². The molecule has 2 N–H and O–H groups in total. The van der Waals surface area contributed by atoms with Crippen LogP contribution >= 0.6 is 23.8 Å². The summed E-state index contributed by atoms with van der Waals surface area (Å²) in [6, 6.07) is 16.3. The summed E-state index contributed by atoms with van der Waals surface area (Å²) in [4.78, 5) is 12.6. The molecule has 1 amide bonds. The molecule has 3 rings (SSSR count). The van der Waals surface area contributed by atoms with Crippen molar-refractivity contribution in [2.24, 2.45) is 0 Å². The summed E-state index contributed by atoms with van der Waals surface area (Å²) < 4.78 is 5.20. The van der Waals surface area contributed by atoms with Gasteiger partial charge in [-0.2, -0.15) is 0 Å². The van der Waals surface area contributed by atoms with Gasteiger partial charge in [0.25, 0.3) is 5.91 Å². The summed E-state index contributed by atoms with van der Waals surface area (Å²) in [5, 5.41) is 10.4. The quantitative estimate of drug-likeness (QED) is 0.666. The molecule has 0 spiro atoms. The van der Waals surface area contributed by atoms with Gasteiger partial charge < -0.3 is 9.84 Å². The minimum atomic E-state index is -0.385. The molecule has 0 saturated heterocycles. The van der Waals surface area contributed by atoms with E-state index in [1.807, 2.05) is 30.3 Å². The fourth-order valence-electron chi connectivity index (χ4n) is 2.29. The zero-order chi connectivity index (χ0) is 17.8. The standard InChI is InChI=1S/C18H14ClN3O2S/c1-11-15(16(22-24-11)12-5-3-2-4-6-12)17(23)21-18(25)20-14-9-7-13(19)8-10-14/h2-10H,1H3,(H2,20,21,23,25). The van der Waals surface area contributed by atoms with E-state index in [-0.39, 0.29) is 11.0 Å². The monoisotopic (exact) mass is 371 g/mol. The van der Waals surface area contributed by atoms with Crippen molar-refractivity contribution in [1.29, 1.82) is 0 Å². The maximum atomic E-state index is 12.6. The van der Waals surface area contributed by atoms with Crippen LogP contribution in [0.15, 0.2) is 59.1 Å². The van der Waals surface area contributed by atoms with Crippen molar-refractivity contribution >= 4 is 40.5 Å². The van der Waals surface area contributed by atoms with E-state index < -0.39 is 0 Å². The number of carbonyl (C=O) groups excluding carboxylic acids is 1. The third-order valence-electron chi connectivity index (χ3n) is 3.47. The molecule has 0 saturated carbocycles. The smallest absolute Gasteiger partial charge is 0.263 e. The second-order valence-electron chi connectivity index (χ2n) is 5.24. The molecule has 0 fully saturated rings. The molecule has 126 valence electrons. The molecule has 1 heterocycles. The van der Waals surface area contributed by atoms with Gasteiger partial charge in [-0.3, -0.25) is 10.1 Å². The van der Waals surface area contributed by atoms with Crippen LogP contribution in [-0.2, 0) is 0 Å². The van der Waals surface area contributed by atoms with Crippen LogP contribution in [0.2, 0.25) is 5.02 Å². The Balaban J connectivity index is 1.76. The summed E-state index contributed by atoms with van der Waals surface area (Å²) in [6.07, 6.45) is 0. The Morgan fingerprint density at radius 3 is 2.48 bits per heavy atom. The van der Waals surface area contributed by atoms with Crippen LogP contribution in [0, 0.1) is 6.92 Å². The maximum absolute atomic E-state index is 12.6. The van der Waals surface area contributed by atoms with Gasteiger partial charge in [0, 0.05) is 16.3 Å². The summed E-state index contributed by atoms with van der Waals surface area (Å²) in [6.45, 7) is 1.68. The molecule has 0 aliphatic rings. The first-order valence-electron chi connectivity index (χ1n) is 7.44. The number of anilines is 1. The first-order valence-corrected chi connectivity index (χ1v) is 8.23. The lowest BCUT2D eigenvalue weighted by molar-refractivity contribution is 0.0977. The minimum absolute atomic E-state index is 0.173. The van der Waals surface area contributed by atoms with Crippen LogP contribution in [0.5, 0.6) is 0 Å². The normalized spacial score (nSPS) is 10.3. The fourth-order valence-corrected chi connectivity index (χ4v) is 2.63. The number of aromatic nitrogens is 1. The Bertz CT molecular complexity index is 908. The van der Waals surface area contributed by atoms with E-state index >= 15 is 0 Å². The number of rotatable bonds is 3. The van der Waals surface area contributed by atoms with Gasteiger partial charge in [-0.25, -0.2) is 0 Å². The Morgan fingerprint density at radius 2 is 1.80 bits per heavy atom. The van der Waals surface area contributed by atoms with Gasteiger partial charge in [-0.1, -0.05) is 47.1 Å².